The van der Waals surface area contributed by atoms with Gasteiger partial charge in [-0.25, -0.2) is 0 Å². The molecule has 3 aliphatic rings. The van der Waals surface area contributed by atoms with Crippen LogP contribution in [0, 0.1) is 23.2 Å². The number of aromatic hydroxyl groups is 1. The summed E-state index contributed by atoms with van der Waals surface area (Å²) in [7, 11) is 0. The van der Waals surface area contributed by atoms with Crippen molar-refractivity contribution in [3.05, 3.63) is 29.3 Å². The van der Waals surface area contributed by atoms with Crippen LogP contribution in [0.25, 0.3) is 0 Å². The van der Waals surface area contributed by atoms with Crippen molar-refractivity contribution in [1.29, 1.82) is 0 Å². The molecule has 6 atom stereocenters. The summed E-state index contributed by atoms with van der Waals surface area (Å²) < 4.78 is 6.01. The van der Waals surface area contributed by atoms with E-state index in [-0.39, 0.29) is 11.5 Å². The largest absolute Gasteiger partial charge is 0.508 e. The second-order valence-electron chi connectivity index (χ2n) is 8.86. The number of rotatable bonds is 4. The third-order valence-corrected chi connectivity index (χ3v) is 7.46. The zero-order valence-electron chi connectivity index (χ0n) is 15.6. The van der Waals surface area contributed by atoms with Gasteiger partial charge in [0.2, 0.25) is 0 Å². The number of hydrogen-bond donors (Lipinski definition) is 2. The molecule has 0 aromatic heterocycles. The van der Waals surface area contributed by atoms with Gasteiger partial charge in [0.1, 0.15) is 5.75 Å². The highest BCUT2D eigenvalue weighted by Crippen LogP contribution is 2.62. The molecule has 5 unspecified atom stereocenters. The SMILES string of the molecule is CCCOC[C@H]1CC2(C)C(O)CCC2C2CCc3cc(O)ccc3C21. The van der Waals surface area contributed by atoms with Crippen molar-refractivity contribution in [2.45, 2.75) is 64.4 Å². The van der Waals surface area contributed by atoms with Crippen LogP contribution in [0.15, 0.2) is 18.2 Å². The minimum absolute atomic E-state index is 0.0514. The van der Waals surface area contributed by atoms with Crippen LogP contribution < -0.4 is 0 Å². The van der Waals surface area contributed by atoms with Crippen molar-refractivity contribution in [2.75, 3.05) is 13.2 Å². The lowest BCUT2D eigenvalue weighted by molar-refractivity contribution is -0.0672. The second kappa shape index (κ2) is 6.59. The number of hydrogen-bond acceptors (Lipinski definition) is 3. The van der Waals surface area contributed by atoms with Gasteiger partial charge in [0.05, 0.1) is 6.10 Å². The fourth-order valence-corrected chi connectivity index (χ4v) is 6.39. The number of aryl methyl sites for hydroxylation is 1. The van der Waals surface area contributed by atoms with Crippen LogP contribution in [-0.2, 0) is 11.2 Å². The Morgan fingerprint density at radius 1 is 1.24 bits per heavy atom. The average Bonchev–Trinajstić information content (AvgIpc) is 2.89. The molecule has 1 aromatic rings. The average molecular weight is 344 g/mol. The molecular formula is C22H32O3. The summed E-state index contributed by atoms with van der Waals surface area (Å²) in [6.07, 6.45) is 6.30. The minimum Gasteiger partial charge on any atom is -0.508 e. The van der Waals surface area contributed by atoms with Gasteiger partial charge in [-0.05, 0) is 90.9 Å². The Kier molecular flexibility index (Phi) is 4.57. The van der Waals surface area contributed by atoms with E-state index in [0.717, 1.165) is 45.3 Å². The summed E-state index contributed by atoms with van der Waals surface area (Å²) in [5, 5.41) is 20.6. The maximum absolute atomic E-state index is 10.7. The molecule has 0 aliphatic heterocycles. The molecule has 0 amide bonds. The molecule has 3 aliphatic carbocycles. The number of phenols is 1. The Morgan fingerprint density at radius 2 is 2.08 bits per heavy atom. The van der Waals surface area contributed by atoms with E-state index in [1.807, 2.05) is 12.1 Å². The summed E-state index contributed by atoms with van der Waals surface area (Å²) in [4.78, 5) is 0. The fourth-order valence-electron chi connectivity index (χ4n) is 6.39. The standard InChI is InChI=1S/C22H32O3/c1-3-10-25-13-15-12-22(2)19(8-9-20(22)24)18-6-4-14-11-16(23)5-7-17(14)21(15)18/h5,7,11,15,18-21,23-24H,3-4,6,8-10,12-13H2,1-2H3/t15-,18?,19?,20?,21?,22?/m1/s1. The monoisotopic (exact) mass is 344 g/mol. The fraction of sp³-hybridized carbons (Fsp3) is 0.727. The third kappa shape index (κ3) is 2.80. The van der Waals surface area contributed by atoms with Gasteiger partial charge < -0.3 is 14.9 Å². The molecule has 0 saturated heterocycles. The van der Waals surface area contributed by atoms with Crippen molar-refractivity contribution < 1.29 is 14.9 Å². The van der Waals surface area contributed by atoms with Gasteiger partial charge in [-0.15, -0.1) is 0 Å². The van der Waals surface area contributed by atoms with Gasteiger partial charge >= 0.3 is 0 Å². The van der Waals surface area contributed by atoms with Gasteiger partial charge in [-0.1, -0.05) is 19.9 Å². The van der Waals surface area contributed by atoms with Crippen molar-refractivity contribution in [2.24, 2.45) is 23.2 Å². The Balaban J connectivity index is 1.70. The summed E-state index contributed by atoms with van der Waals surface area (Å²) in [6, 6.07) is 5.97. The number of aliphatic hydroxyl groups excluding tert-OH is 1. The first-order chi connectivity index (χ1) is 12.0. The lowest BCUT2D eigenvalue weighted by Gasteiger charge is -2.53. The van der Waals surface area contributed by atoms with Crippen LogP contribution >= 0.6 is 0 Å². The van der Waals surface area contributed by atoms with Crippen LogP contribution in [0.1, 0.15) is 63.0 Å². The zero-order valence-corrected chi connectivity index (χ0v) is 15.6. The highest BCUT2D eigenvalue weighted by atomic mass is 16.5. The lowest BCUT2D eigenvalue weighted by atomic mass is 9.52. The van der Waals surface area contributed by atoms with Crippen molar-refractivity contribution in [3.63, 3.8) is 0 Å². The van der Waals surface area contributed by atoms with Crippen molar-refractivity contribution in [1.82, 2.24) is 0 Å². The van der Waals surface area contributed by atoms with Crippen LogP contribution in [0.3, 0.4) is 0 Å². The number of benzene rings is 1. The first-order valence-electron chi connectivity index (χ1n) is 10.1. The van der Waals surface area contributed by atoms with Gasteiger partial charge in [-0.2, -0.15) is 0 Å². The van der Waals surface area contributed by atoms with E-state index in [0.29, 0.717) is 29.4 Å². The molecule has 4 rings (SSSR count). The van der Waals surface area contributed by atoms with E-state index < -0.39 is 0 Å². The van der Waals surface area contributed by atoms with Crippen molar-refractivity contribution >= 4 is 0 Å². The molecule has 0 heterocycles. The van der Waals surface area contributed by atoms with Gasteiger partial charge in [-0.3, -0.25) is 0 Å². The molecule has 0 bridgehead atoms. The Bertz CT molecular complexity index is 628. The van der Waals surface area contributed by atoms with Crippen LogP contribution in [0.2, 0.25) is 0 Å². The topological polar surface area (TPSA) is 49.7 Å². The van der Waals surface area contributed by atoms with E-state index in [4.69, 9.17) is 4.74 Å². The van der Waals surface area contributed by atoms with Gasteiger partial charge in [0.15, 0.2) is 0 Å². The maximum atomic E-state index is 10.7. The van der Waals surface area contributed by atoms with Gasteiger partial charge in [0, 0.05) is 13.2 Å². The van der Waals surface area contributed by atoms with Crippen LogP contribution in [0.4, 0.5) is 0 Å². The summed E-state index contributed by atoms with van der Waals surface area (Å²) in [5.74, 6) is 2.63. The Hall–Kier alpha value is -1.06. The number of fused-ring (bicyclic) bond motifs is 5. The highest BCUT2D eigenvalue weighted by molar-refractivity contribution is 5.40. The molecule has 0 spiro atoms. The maximum Gasteiger partial charge on any atom is 0.115 e. The summed E-state index contributed by atoms with van der Waals surface area (Å²) >= 11 is 0. The number of aliphatic hydroxyl groups is 1. The van der Waals surface area contributed by atoms with E-state index >= 15 is 0 Å². The molecule has 138 valence electrons. The molecule has 3 heteroatoms. The quantitative estimate of drug-likeness (QED) is 0.802. The van der Waals surface area contributed by atoms with E-state index in [2.05, 4.69) is 19.9 Å². The number of phenolic OH excluding ortho intramolecular Hbond substituents is 1. The second-order valence-corrected chi connectivity index (χ2v) is 8.86. The molecular weight excluding hydrogens is 312 g/mol. The number of ether oxygens (including phenoxy) is 1. The lowest BCUT2D eigenvalue weighted by Crippen LogP contribution is -2.49. The molecule has 3 nitrogen and oxygen atoms in total. The molecule has 1 aromatic carbocycles. The van der Waals surface area contributed by atoms with Gasteiger partial charge in [0.25, 0.3) is 0 Å². The van der Waals surface area contributed by atoms with E-state index in [1.54, 1.807) is 0 Å². The smallest absolute Gasteiger partial charge is 0.115 e. The van der Waals surface area contributed by atoms with E-state index in [1.165, 1.54) is 17.5 Å². The molecule has 0 radical (unpaired) electrons. The Morgan fingerprint density at radius 3 is 2.88 bits per heavy atom. The third-order valence-electron chi connectivity index (χ3n) is 7.46. The predicted octanol–water partition coefficient (Wildman–Crippen LogP) is 4.26. The molecule has 2 fully saturated rings. The zero-order chi connectivity index (χ0) is 17.6. The first kappa shape index (κ1) is 17.4. The van der Waals surface area contributed by atoms with Crippen molar-refractivity contribution in [3.8, 4) is 5.75 Å². The minimum atomic E-state index is -0.159. The highest BCUT2D eigenvalue weighted by Gasteiger charge is 2.57. The molecule has 2 saturated carbocycles. The van der Waals surface area contributed by atoms with Crippen LogP contribution in [0.5, 0.6) is 5.75 Å². The van der Waals surface area contributed by atoms with E-state index in [9.17, 15) is 10.2 Å². The molecule has 2 N–H and O–H groups in total. The summed E-state index contributed by atoms with van der Waals surface area (Å²) in [6.45, 7) is 6.09. The predicted molar refractivity (Wildman–Crippen MR) is 98.7 cm³/mol. The molecule has 25 heavy (non-hydrogen) atoms. The Labute approximate surface area is 151 Å². The van der Waals surface area contributed by atoms with Crippen LogP contribution in [-0.4, -0.2) is 29.5 Å². The normalized spacial score (nSPS) is 39.6. The first-order valence-corrected chi connectivity index (χ1v) is 10.1. The summed E-state index contributed by atoms with van der Waals surface area (Å²) in [5.41, 5.74) is 2.81.